The van der Waals surface area contributed by atoms with Crippen molar-refractivity contribution in [2.24, 2.45) is 26.9 Å². The smallest absolute Gasteiger partial charge is 0.211 e. The molecule has 19 nitrogen and oxygen atoms in total. The van der Waals surface area contributed by atoms with Crippen molar-refractivity contribution in [3.05, 3.63) is 144 Å². The summed E-state index contributed by atoms with van der Waals surface area (Å²) in [6.07, 6.45) is 15.8. The van der Waals surface area contributed by atoms with Crippen molar-refractivity contribution in [1.82, 2.24) is 52.6 Å². The topological polar surface area (TPSA) is 211 Å². The van der Waals surface area contributed by atoms with Gasteiger partial charge in [0.05, 0.1) is 66.6 Å². The van der Waals surface area contributed by atoms with Crippen LogP contribution < -0.4 is 25.2 Å². The molecule has 0 unspecified atom stereocenters. The summed E-state index contributed by atoms with van der Waals surface area (Å²) in [4.78, 5) is 32.7. The van der Waals surface area contributed by atoms with Crippen LogP contribution in [-0.4, -0.2) is 105 Å². The van der Waals surface area contributed by atoms with E-state index < -0.39 is 20.0 Å². The Labute approximate surface area is 440 Å². The van der Waals surface area contributed by atoms with E-state index in [-0.39, 0.29) is 6.54 Å². The Morgan fingerprint density at radius 1 is 0.507 bits per heavy atom. The van der Waals surface area contributed by atoms with E-state index in [2.05, 4.69) is 95.5 Å². The molecule has 6 heterocycles. The molecule has 0 aliphatic heterocycles. The monoisotopic (exact) mass is 1060 g/mol. The molecule has 3 aromatic carbocycles. The van der Waals surface area contributed by atoms with E-state index in [1.165, 1.54) is 16.1 Å². The Kier molecular flexibility index (Phi) is 17.4. The van der Waals surface area contributed by atoms with Gasteiger partial charge in [-0.05, 0) is 70.8 Å². The average molecular weight is 1060 g/mol. The molecule has 0 amide bonds. The van der Waals surface area contributed by atoms with Crippen LogP contribution in [0.2, 0.25) is 0 Å². The quantitative estimate of drug-likeness (QED) is 0.0946. The van der Waals surface area contributed by atoms with Crippen LogP contribution in [0.5, 0.6) is 0 Å². The van der Waals surface area contributed by atoms with Crippen LogP contribution in [0, 0.1) is 0 Å². The minimum Gasteiger partial charge on any atom is -0.334 e. The Morgan fingerprint density at radius 2 is 0.853 bits per heavy atom. The van der Waals surface area contributed by atoms with Gasteiger partial charge in [-0.15, -0.1) is 0 Å². The lowest BCUT2D eigenvalue weighted by molar-refractivity contribution is 0.472. The highest BCUT2D eigenvalue weighted by Crippen LogP contribution is 2.32. The van der Waals surface area contributed by atoms with Gasteiger partial charge in [0.2, 0.25) is 20.0 Å². The number of hydrogen-bond donors (Lipinski definition) is 2. The normalized spacial score (nSPS) is 11.7. The van der Waals surface area contributed by atoms with Crippen molar-refractivity contribution in [2.45, 2.75) is 59.7 Å². The minimum atomic E-state index is -3.21. The van der Waals surface area contributed by atoms with Gasteiger partial charge in [0.1, 0.15) is 34.0 Å². The van der Waals surface area contributed by atoms with Crippen LogP contribution >= 0.6 is 0 Å². The summed E-state index contributed by atoms with van der Waals surface area (Å²) in [5, 5.41) is 0. The van der Waals surface area contributed by atoms with Gasteiger partial charge in [-0.1, -0.05) is 57.2 Å². The first-order valence-electron chi connectivity index (χ1n) is 24.6. The molecule has 9 rings (SSSR count). The number of imidazole rings is 3. The lowest BCUT2D eigenvalue weighted by Crippen LogP contribution is -2.25. The van der Waals surface area contributed by atoms with Gasteiger partial charge in [0, 0.05) is 104 Å². The summed E-state index contributed by atoms with van der Waals surface area (Å²) >= 11 is 0. The van der Waals surface area contributed by atoms with Crippen LogP contribution in [0.15, 0.2) is 110 Å². The van der Waals surface area contributed by atoms with Crippen LogP contribution in [0.3, 0.4) is 0 Å². The number of aromatic nitrogens is 9. The summed E-state index contributed by atoms with van der Waals surface area (Å²) in [6.45, 7) is 7.54. The molecule has 0 saturated carbocycles. The number of fused-ring (bicyclic) bond motifs is 3. The summed E-state index contributed by atoms with van der Waals surface area (Å²) in [5.41, 5.74) is 21.4. The predicted molar refractivity (Wildman–Crippen MR) is 303 cm³/mol. The summed E-state index contributed by atoms with van der Waals surface area (Å²) in [6, 6.07) is 24.5. The first-order valence-corrected chi connectivity index (χ1v) is 28.3. The maximum Gasteiger partial charge on any atom is 0.211 e. The number of sulfonamides is 2. The molecule has 21 heteroatoms. The highest BCUT2D eigenvalue weighted by molar-refractivity contribution is 7.88. The van der Waals surface area contributed by atoms with E-state index in [9.17, 15) is 16.8 Å². The third-order valence-corrected chi connectivity index (χ3v) is 15.2. The molecule has 0 spiro atoms. The number of aryl methyl sites for hydroxylation is 6. The maximum atomic E-state index is 11.7. The Morgan fingerprint density at radius 3 is 1.20 bits per heavy atom. The number of rotatable bonds is 16. The number of hydrogen-bond acceptors (Lipinski definition) is 14. The Hall–Kier alpha value is -7.30. The number of benzene rings is 3. The zero-order chi connectivity index (χ0) is 54.4. The average Bonchev–Trinajstić information content (AvgIpc) is 4.10. The third kappa shape index (κ3) is 13.2. The van der Waals surface area contributed by atoms with Gasteiger partial charge in [-0.2, -0.15) is 0 Å². The van der Waals surface area contributed by atoms with E-state index in [1.54, 1.807) is 32.1 Å². The molecular weight excluding hydrogens is 987 g/mol. The molecule has 9 aromatic rings. The second-order valence-electron chi connectivity index (χ2n) is 18.6. The molecular formula is C54H69N15O4S2. The van der Waals surface area contributed by atoms with Crippen LogP contribution in [0.1, 0.15) is 54.2 Å². The van der Waals surface area contributed by atoms with Crippen molar-refractivity contribution >= 4 is 87.7 Å². The van der Waals surface area contributed by atoms with Gasteiger partial charge in [-0.3, -0.25) is 0 Å². The number of nitrogens with one attached hydrogen (secondary N) is 1. The van der Waals surface area contributed by atoms with Crippen LogP contribution in [0.25, 0.3) is 33.1 Å². The fourth-order valence-electron chi connectivity index (χ4n) is 8.65. The van der Waals surface area contributed by atoms with E-state index in [1.807, 2.05) is 116 Å². The first kappa shape index (κ1) is 55.5. The maximum absolute atomic E-state index is 11.7. The lowest BCUT2D eigenvalue weighted by atomic mass is 10.1. The van der Waals surface area contributed by atoms with Crippen molar-refractivity contribution in [3.63, 3.8) is 0 Å². The van der Waals surface area contributed by atoms with Crippen molar-refractivity contribution in [1.29, 1.82) is 0 Å². The van der Waals surface area contributed by atoms with Crippen molar-refractivity contribution in [3.8, 4) is 0 Å². The highest BCUT2D eigenvalue weighted by atomic mass is 32.2. The third-order valence-electron chi connectivity index (χ3n) is 13.2. The summed E-state index contributed by atoms with van der Waals surface area (Å²) < 4.78 is 55.7. The fraction of sp³-hybridized carbons (Fsp3) is 0.333. The second-order valence-corrected chi connectivity index (χ2v) is 22.5. The Bertz CT molecular complexity index is 3680. The fourth-order valence-corrected chi connectivity index (χ4v) is 9.46. The molecule has 396 valence electrons. The minimum absolute atomic E-state index is 0.287. The summed E-state index contributed by atoms with van der Waals surface area (Å²) in [7, 11) is 7.10. The largest absolute Gasteiger partial charge is 0.334 e. The number of nitrogens with zero attached hydrogens (tertiary/aromatic N) is 13. The van der Waals surface area contributed by atoms with E-state index >= 15 is 0 Å². The Balaban J connectivity index is 0.000000165. The molecule has 6 aromatic heterocycles. The molecule has 0 fully saturated rings. The van der Waals surface area contributed by atoms with E-state index in [4.69, 9.17) is 5.73 Å². The highest BCUT2D eigenvalue weighted by Gasteiger charge is 2.17. The molecule has 0 aliphatic carbocycles. The summed E-state index contributed by atoms with van der Waals surface area (Å²) in [5.74, 6) is 2.57. The molecule has 0 radical (unpaired) electrons. The first-order chi connectivity index (χ1) is 35.6. The van der Waals surface area contributed by atoms with Gasteiger partial charge in [0.25, 0.3) is 0 Å². The molecule has 0 bridgehead atoms. The van der Waals surface area contributed by atoms with Crippen LogP contribution in [0.4, 0.5) is 34.5 Å². The number of pyridine rings is 3. The standard InChI is InChI=1S/C19H25N5O2S.C18H23N5O2S.C17H21N5/c1-6-15-9-14(12-23(3)27(5,25)26)7-8-17(15)24(4)19-10-18-16(11-20-19)21-13-22(18)2;1-5-14-8-13(10-21-26(4,24)25)6-7-16(14)23(3)18-9-17-15(11-19-18)20-12-22(17)2;1-4-13-7-12(9-18)5-6-15(13)22(3)17-8-16-14(10-19-17)20-11-21(16)2/h7-11,13H,6,12H2,1-5H3;6-9,11-12,21H,5,10H2,1-4H3;5-8,10-11H,4,9,18H2,1-3H3. The second kappa shape index (κ2) is 23.5. The van der Waals surface area contributed by atoms with Gasteiger partial charge < -0.3 is 34.1 Å². The van der Waals surface area contributed by atoms with Gasteiger partial charge in [-0.25, -0.2) is 55.8 Å². The molecule has 0 saturated heterocycles. The molecule has 3 N–H and O–H groups in total. The predicted octanol–water partition coefficient (Wildman–Crippen LogP) is 7.80. The van der Waals surface area contributed by atoms with Gasteiger partial charge >= 0.3 is 0 Å². The molecule has 75 heavy (non-hydrogen) atoms. The number of nitrogens with two attached hydrogens (primary N) is 1. The van der Waals surface area contributed by atoms with Crippen molar-refractivity contribution < 1.29 is 16.8 Å². The zero-order valence-corrected chi connectivity index (χ0v) is 46.6. The van der Waals surface area contributed by atoms with E-state index in [0.29, 0.717) is 13.1 Å². The van der Waals surface area contributed by atoms with Crippen LogP contribution in [-0.2, 0) is 80.1 Å². The van der Waals surface area contributed by atoms with Gasteiger partial charge in [0.15, 0.2) is 0 Å². The molecule has 0 aliphatic rings. The van der Waals surface area contributed by atoms with Crippen molar-refractivity contribution in [2.75, 3.05) is 55.4 Å². The SMILES string of the molecule is CCc1cc(CN(C)S(C)(=O)=O)ccc1N(C)c1cc2c(cn1)ncn2C.CCc1cc(CN)ccc1N(C)c1cc2c(cn1)ncn2C.CCc1cc(CNS(C)(=O)=O)ccc1N(C)c1cc2c(cn1)ncn2C. The molecule has 0 atom stereocenters. The number of anilines is 6. The lowest BCUT2D eigenvalue weighted by Gasteiger charge is -2.23. The zero-order valence-electron chi connectivity index (χ0n) is 45.0. The van der Waals surface area contributed by atoms with E-state index in [0.717, 1.165) is 121 Å².